The first kappa shape index (κ1) is 32.3. The van der Waals surface area contributed by atoms with Gasteiger partial charge in [0, 0.05) is 20.5 Å². The maximum absolute atomic E-state index is 13.7. The first-order valence-corrected chi connectivity index (χ1v) is 13.7. The SMILES string of the molecule is CC(C)C[C@H](NC(=O)[C@H](Cc1ccccc1)N(C)C(=O)OCc1ccccc1)C(=O)N(C)[C@@H](CC(C)C)C(=O)O. The Morgan fingerprint density at radius 3 is 1.80 bits per heavy atom. The number of likely N-dealkylation sites (N-methyl/N-ethyl adjacent to an activating group) is 2. The zero-order valence-corrected chi connectivity index (χ0v) is 24.4. The van der Waals surface area contributed by atoms with Crippen LogP contribution in [0.2, 0.25) is 0 Å². The molecular weight excluding hydrogens is 510 g/mol. The van der Waals surface area contributed by atoms with E-state index in [0.717, 1.165) is 11.1 Å². The molecule has 0 unspecified atom stereocenters. The molecule has 40 heavy (non-hydrogen) atoms. The van der Waals surface area contributed by atoms with Gasteiger partial charge in [-0.1, -0.05) is 88.4 Å². The van der Waals surface area contributed by atoms with E-state index >= 15 is 0 Å². The number of nitrogens with one attached hydrogen (secondary N) is 1. The molecule has 218 valence electrons. The largest absolute Gasteiger partial charge is 0.480 e. The number of aliphatic carboxylic acids is 1. The van der Waals surface area contributed by atoms with Gasteiger partial charge >= 0.3 is 12.1 Å². The van der Waals surface area contributed by atoms with Crippen molar-refractivity contribution in [3.05, 3.63) is 71.8 Å². The van der Waals surface area contributed by atoms with Gasteiger partial charge in [0.15, 0.2) is 0 Å². The summed E-state index contributed by atoms with van der Waals surface area (Å²) in [6.07, 6.45) is 0.120. The van der Waals surface area contributed by atoms with Crippen LogP contribution in [0.15, 0.2) is 60.7 Å². The Morgan fingerprint density at radius 1 is 0.775 bits per heavy atom. The number of carbonyl (C=O) groups excluding carboxylic acids is 3. The quantitative estimate of drug-likeness (QED) is 0.359. The Bertz CT molecular complexity index is 1110. The molecule has 9 nitrogen and oxygen atoms in total. The monoisotopic (exact) mass is 553 g/mol. The van der Waals surface area contributed by atoms with Crippen LogP contribution < -0.4 is 5.32 Å². The molecule has 2 aromatic rings. The lowest BCUT2D eigenvalue weighted by molar-refractivity contribution is -0.151. The number of carbonyl (C=O) groups is 4. The summed E-state index contributed by atoms with van der Waals surface area (Å²) in [7, 11) is 2.95. The van der Waals surface area contributed by atoms with E-state index in [0.29, 0.717) is 6.42 Å². The molecule has 2 aromatic carbocycles. The number of rotatable bonds is 14. The summed E-state index contributed by atoms with van der Waals surface area (Å²) in [5.41, 5.74) is 1.64. The molecule has 2 rings (SSSR count). The van der Waals surface area contributed by atoms with Crippen LogP contribution in [0.3, 0.4) is 0 Å². The topological polar surface area (TPSA) is 116 Å². The summed E-state index contributed by atoms with van der Waals surface area (Å²) < 4.78 is 5.48. The Morgan fingerprint density at radius 2 is 1.30 bits per heavy atom. The summed E-state index contributed by atoms with van der Waals surface area (Å²) in [5.74, 6) is -2.01. The Kier molecular flexibility index (Phi) is 12.6. The minimum atomic E-state index is -1.10. The number of carboxylic acids is 1. The van der Waals surface area contributed by atoms with E-state index in [-0.39, 0.29) is 31.3 Å². The molecule has 0 spiro atoms. The van der Waals surface area contributed by atoms with E-state index in [4.69, 9.17) is 4.74 Å². The van der Waals surface area contributed by atoms with Gasteiger partial charge in [-0.25, -0.2) is 9.59 Å². The lowest BCUT2D eigenvalue weighted by Gasteiger charge is -2.33. The number of nitrogens with zero attached hydrogens (tertiary/aromatic N) is 2. The summed E-state index contributed by atoms with van der Waals surface area (Å²) >= 11 is 0. The molecule has 9 heteroatoms. The third kappa shape index (κ3) is 10.0. The summed E-state index contributed by atoms with van der Waals surface area (Å²) in [6.45, 7) is 7.67. The van der Waals surface area contributed by atoms with E-state index in [2.05, 4.69) is 5.32 Å². The van der Waals surface area contributed by atoms with Crippen LogP contribution in [0, 0.1) is 11.8 Å². The maximum atomic E-state index is 13.7. The number of ether oxygens (including phenoxy) is 1. The van der Waals surface area contributed by atoms with Gasteiger partial charge in [-0.2, -0.15) is 0 Å². The van der Waals surface area contributed by atoms with Crippen molar-refractivity contribution in [3.63, 3.8) is 0 Å². The molecule has 3 atom stereocenters. The zero-order chi connectivity index (χ0) is 29.8. The second-order valence-corrected chi connectivity index (χ2v) is 11.0. The highest BCUT2D eigenvalue weighted by molar-refractivity contribution is 5.93. The van der Waals surface area contributed by atoms with Gasteiger partial charge in [-0.05, 0) is 35.8 Å². The van der Waals surface area contributed by atoms with Crippen LogP contribution in [0.5, 0.6) is 0 Å². The van der Waals surface area contributed by atoms with E-state index < -0.39 is 42.0 Å². The number of amides is 3. The van der Waals surface area contributed by atoms with Crippen LogP contribution in [-0.2, 0) is 32.1 Å². The van der Waals surface area contributed by atoms with Crippen LogP contribution in [0.25, 0.3) is 0 Å². The Balaban J connectivity index is 2.28. The highest BCUT2D eigenvalue weighted by atomic mass is 16.6. The molecule has 0 saturated heterocycles. The van der Waals surface area contributed by atoms with Gasteiger partial charge in [-0.3, -0.25) is 14.5 Å². The van der Waals surface area contributed by atoms with Gasteiger partial charge in [0.2, 0.25) is 11.8 Å². The second-order valence-electron chi connectivity index (χ2n) is 11.0. The molecule has 0 aromatic heterocycles. The second kappa shape index (κ2) is 15.6. The Hall–Kier alpha value is -3.88. The molecule has 2 N–H and O–H groups in total. The summed E-state index contributed by atoms with van der Waals surface area (Å²) in [4.78, 5) is 54.7. The lowest BCUT2D eigenvalue weighted by atomic mass is 9.98. The first-order chi connectivity index (χ1) is 18.9. The Labute approximate surface area is 237 Å². The van der Waals surface area contributed by atoms with E-state index in [1.54, 1.807) is 0 Å². The van der Waals surface area contributed by atoms with Crippen LogP contribution in [-0.4, -0.2) is 71.0 Å². The van der Waals surface area contributed by atoms with Crippen molar-refractivity contribution in [3.8, 4) is 0 Å². The van der Waals surface area contributed by atoms with Crippen molar-refractivity contribution in [1.82, 2.24) is 15.1 Å². The fraction of sp³-hybridized carbons (Fsp3) is 0.484. The molecule has 0 heterocycles. The highest BCUT2D eigenvalue weighted by Gasteiger charge is 2.35. The minimum Gasteiger partial charge on any atom is -0.480 e. The third-order valence-corrected chi connectivity index (χ3v) is 6.65. The lowest BCUT2D eigenvalue weighted by Crippen LogP contribution is -2.57. The molecular formula is C31H43N3O6. The summed E-state index contributed by atoms with van der Waals surface area (Å²) in [6, 6.07) is 15.6. The molecule has 0 radical (unpaired) electrons. The number of carboxylic acid groups (broad SMARTS) is 1. The average Bonchev–Trinajstić information content (AvgIpc) is 2.92. The standard InChI is InChI=1S/C31H43N3O6/c1-21(2)17-25(29(36)33(5)27(30(37)38)18-22(3)4)32-28(35)26(19-23-13-9-7-10-14-23)34(6)31(39)40-20-24-15-11-8-12-16-24/h7-16,21-22,25-27H,17-20H2,1-6H3,(H,32,35)(H,37,38)/t25-,26-,27-/m0/s1. The van der Waals surface area contributed by atoms with Crippen molar-refractivity contribution < 1.29 is 29.0 Å². The van der Waals surface area contributed by atoms with E-state index in [9.17, 15) is 24.3 Å². The highest BCUT2D eigenvalue weighted by Crippen LogP contribution is 2.17. The average molecular weight is 554 g/mol. The number of hydrogen-bond acceptors (Lipinski definition) is 5. The van der Waals surface area contributed by atoms with Crippen molar-refractivity contribution in [2.45, 2.75) is 71.7 Å². The maximum Gasteiger partial charge on any atom is 0.410 e. The van der Waals surface area contributed by atoms with Gasteiger partial charge in [0.25, 0.3) is 0 Å². The van der Waals surface area contributed by atoms with Crippen LogP contribution in [0.4, 0.5) is 4.79 Å². The zero-order valence-electron chi connectivity index (χ0n) is 24.4. The van der Waals surface area contributed by atoms with Gasteiger partial charge in [-0.15, -0.1) is 0 Å². The van der Waals surface area contributed by atoms with Crippen LogP contribution in [0.1, 0.15) is 51.7 Å². The molecule has 0 aliphatic heterocycles. The molecule has 0 bridgehead atoms. The van der Waals surface area contributed by atoms with Crippen molar-refractivity contribution >= 4 is 23.9 Å². The molecule has 0 saturated carbocycles. The summed E-state index contributed by atoms with van der Waals surface area (Å²) in [5, 5.41) is 12.6. The van der Waals surface area contributed by atoms with Gasteiger partial charge in [0.05, 0.1) is 0 Å². The smallest absolute Gasteiger partial charge is 0.410 e. The van der Waals surface area contributed by atoms with Crippen LogP contribution >= 0.6 is 0 Å². The molecule has 0 aliphatic carbocycles. The van der Waals surface area contributed by atoms with E-state index in [1.165, 1.54) is 23.9 Å². The van der Waals surface area contributed by atoms with Crippen molar-refractivity contribution in [2.24, 2.45) is 11.8 Å². The molecule has 0 aliphatic rings. The third-order valence-electron chi connectivity index (χ3n) is 6.65. The van der Waals surface area contributed by atoms with Gasteiger partial charge in [0.1, 0.15) is 24.7 Å². The fourth-order valence-electron chi connectivity index (χ4n) is 4.42. The first-order valence-electron chi connectivity index (χ1n) is 13.7. The fourth-order valence-corrected chi connectivity index (χ4v) is 4.42. The predicted molar refractivity (Wildman–Crippen MR) is 153 cm³/mol. The number of hydrogen-bond donors (Lipinski definition) is 2. The van der Waals surface area contributed by atoms with Crippen molar-refractivity contribution in [2.75, 3.05) is 14.1 Å². The number of benzene rings is 2. The van der Waals surface area contributed by atoms with E-state index in [1.807, 2.05) is 88.4 Å². The van der Waals surface area contributed by atoms with Gasteiger partial charge < -0.3 is 20.1 Å². The van der Waals surface area contributed by atoms with Crippen molar-refractivity contribution in [1.29, 1.82) is 0 Å². The molecule has 0 fully saturated rings. The molecule has 3 amide bonds. The predicted octanol–water partition coefficient (Wildman–Crippen LogP) is 4.35. The normalized spacial score (nSPS) is 13.3. The minimum absolute atomic E-state index is 0.0390.